The minimum atomic E-state index is -0.375. The van der Waals surface area contributed by atoms with E-state index in [1.807, 2.05) is 25.2 Å². The lowest BCUT2D eigenvalue weighted by Crippen LogP contribution is -2.43. The van der Waals surface area contributed by atoms with Crippen molar-refractivity contribution < 1.29 is 4.79 Å². The Kier molecular flexibility index (Phi) is 4.69. The number of carbonyl (C=O) groups excluding carboxylic acids is 1. The van der Waals surface area contributed by atoms with Crippen LogP contribution in [0.3, 0.4) is 0 Å². The van der Waals surface area contributed by atoms with Crippen molar-refractivity contribution in [1.29, 1.82) is 0 Å². The fraction of sp³-hybridized carbons (Fsp3) is 0.643. The minimum Gasteiger partial charge on any atom is -0.359 e. The second-order valence-electron chi connectivity index (χ2n) is 5.72. The van der Waals surface area contributed by atoms with Crippen LogP contribution in [-0.2, 0) is 11.2 Å². The summed E-state index contributed by atoms with van der Waals surface area (Å²) in [5.74, 6) is 0.0857. The first kappa shape index (κ1) is 15.0. The Morgan fingerprint density at radius 1 is 1.58 bits per heavy atom. The van der Waals surface area contributed by atoms with Gasteiger partial charge in [-0.05, 0) is 60.7 Å². The van der Waals surface area contributed by atoms with Gasteiger partial charge in [-0.15, -0.1) is 11.3 Å². The van der Waals surface area contributed by atoms with Crippen molar-refractivity contribution in [3.63, 3.8) is 0 Å². The molecule has 106 valence electrons. The summed E-state index contributed by atoms with van der Waals surface area (Å²) in [5.41, 5.74) is 1.04. The van der Waals surface area contributed by atoms with Crippen molar-refractivity contribution in [3.05, 3.63) is 20.3 Å². The molecular weight excluding hydrogens is 324 g/mol. The van der Waals surface area contributed by atoms with E-state index in [2.05, 4.69) is 32.6 Å². The second-order valence-corrected chi connectivity index (χ2v) is 8.23. The smallest absolute Gasteiger partial charge is 0.226 e. The van der Waals surface area contributed by atoms with Crippen molar-refractivity contribution in [2.75, 3.05) is 13.6 Å². The van der Waals surface area contributed by atoms with E-state index in [4.69, 9.17) is 0 Å². The highest BCUT2D eigenvalue weighted by Gasteiger charge is 2.29. The summed E-state index contributed by atoms with van der Waals surface area (Å²) in [5, 5.41) is 6.30. The van der Waals surface area contributed by atoms with Gasteiger partial charge in [0.25, 0.3) is 0 Å². The lowest BCUT2D eigenvalue weighted by Gasteiger charge is -2.29. The number of carbonyl (C=O) groups is 1. The molecule has 2 rings (SSSR count). The van der Waals surface area contributed by atoms with Crippen LogP contribution in [0.15, 0.2) is 9.85 Å². The number of hydrogen-bond donors (Lipinski definition) is 2. The van der Waals surface area contributed by atoms with Gasteiger partial charge < -0.3 is 10.6 Å². The molecule has 1 unspecified atom stereocenters. The van der Waals surface area contributed by atoms with E-state index >= 15 is 0 Å². The Bertz CT molecular complexity index is 470. The molecule has 0 bridgehead atoms. The Hall–Kier alpha value is -0.390. The molecule has 3 nitrogen and oxygen atoms in total. The third-order valence-corrected chi connectivity index (χ3v) is 5.43. The van der Waals surface area contributed by atoms with E-state index in [0.29, 0.717) is 12.6 Å². The molecule has 1 aliphatic carbocycles. The summed E-state index contributed by atoms with van der Waals surface area (Å²) in [6.45, 7) is 4.66. The molecule has 0 saturated carbocycles. The van der Waals surface area contributed by atoms with Crippen LogP contribution in [-0.4, -0.2) is 19.5 Å². The number of amides is 1. The topological polar surface area (TPSA) is 41.1 Å². The van der Waals surface area contributed by atoms with Crippen LogP contribution in [0.25, 0.3) is 0 Å². The Morgan fingerprint density at radius 2 is 2.32 bits per heavy atom. The average molecular weight is 345 g/mol. The maximum Gasteiger partial charge on any atom is 0.226 e. The first-order valence-electron chi connectivity index (χ1n) is 6.67. The van der Waals surface area contributed by atoms with Gasteiger partial charge >= 0.3 is 0 Å². The van der Waals surface area contributed by atoms with Gasteiger partial charge in [-0.1, -0.05) is 0 Å². The number of thiophene rings is 1. The zero-order chi connectivity index (χ0) is 14.0. The minimum absolute atomic E-state index is 0.0857. The molecule has 0 fully saturated rings. The van der Waals surface area contributed by atoms with E-state index in [1.165, 1.54) is 27.1 Å². The van der Waals surface area contributed by atoms with Crippen molar-refractivity contribution in [2.24, 2.45) is 5.41 Å². The molecule has 1 aliphatic rings. The van der Waals surface area contributed by atoms with Gasteiger partial charge in [0.15, 0.2) is 0 Å². The van der Waals surface area contributed by atoms with E-state index in [0.717, 1.165) is 6.42 Å². The molecule has 1 atom stereocenters. The fourth-order valence-corrected chi connectivity index (χ4v) is 4.35. The summed E-state index contributed by atoms with van der Waals surface area (Å²) in [6, 6.07) is 2.61. The molecule has 19 heavy (non-hydrogen) atoms. The van der Waals surface area contributed by atoms with Crippen LogP contribution in [0.4, 0.5) is 0 Å². The van der Waals surface area contributed by atoms with Gasteiger partial charge in [0.05, 0.1) is 9.20 Å². The van der Waals surface area contributed by atoms with Crippen LogP contribution in [0, 0.1) is 5.41 Å². The maximum atomic E-state index is 11.8. The highest BCUT2D eigenvalue weighted by molar-refractivity contribution is 9.11. The first-order chi connectivity index (χ1) is 8.94. The van der Waals surface area contributed by atoms with E-state index in [-0.39, 0.29) is 11.3 Å². The number of nitrogens with one attached hydrogen (secondary N) is 2. The summed E-state index contributed by atoms with van der Waals surface area (Å²) < 4.78 is 1.21. The monoisotopic (exact) mass is 344 g/mol. The normalized spacial score (nSPS) is 19.1. The molecule has 1 heterocycles. The van der Waals surface area contributed by atoms with Crippen molar-refractivity contribution in [1.82, 2.24) is 10.6 Å². The van der Waals surface area contributed by atoms with E-state index < -0.39 is 0 Å². The molecule has 2 N–H and O–H groups in total. The molecule has 1 aromatic rings. The molecule has 0 radical (unpaired) electrons. The quantitative estimate of drug-likeness (QED) is 0.880. The fourth-order valence-electron chi connectivity index (χ4n) is 2.53. The second kappa shape index (κ2) is 5.94. The highest BCUT2D eigenvalue weighted by Crippen LogP contribution is 2.38. The lowest BCUT2D eigenvalue weighted by molar-refractivity contribution is -0.128. The first-order valence-corrected chi connectivity index (χ1v) is 8.28. The van der Waals surface area contributed by atoms with E-state index in [1.54, 1.807) is 7.05 Å². The van der Waals surface area contributed by atoms with Crippen LogP contribution in [0.5, 0.6) is 0 Å². The van der Waals surface area contributed by atoms with Gasteiger partial charge in [-0.2, -0.15) is 0 Å². The highest BCUT2D eigenvalue weighted by atomic mass is 79.9. The number of fused-ring (bicyclic) bond motifs is 1. The molecule has 0 aliphatic heterocycles. The van der Waals surface area contributed by atoms with Gasteiger partial charge in [-0.25, -0.2) is 0 Å². The summed E-state index contributed by atoms with van der Waals surface area (Å²) in [6.07, 6.45) is 3.56. The van der Waals surface area contributed by atoms with Crippen LogP contribution >= 0.6 is 27.3 Å². The van der Waals surface area contributed by atoms with Crippen molar-refractivity contribution in [2.45, 2.75) is 39.2 Å². The van der Waals surface area contributed by atoms with Crippen LogP contribution in [0.1, 0.15) is 43.2 Å². The largest absolute Gasteiger partial charge is 0.359 e. The average Bonchev–Trinajstić information content (AvgIpc) is 2.75. The molecule has 0 saturated heterocycles. The van der Waals surface area contributed by atoms with Gasteiger partial charge in [-0.3, -0.25) is 4.79 Å². The SMILES string of the molecule is CNC(=O)C(C)(C)CNC1CCCc2sc(Br)cc21. The molecule has 0 aromatic carbocycles. The number of hydrogen-bond acceptors (Lipinski definition) is 3. The standard InChI is InChI=1S/C14H21BrN2OS/c1-14(2,13(18)16-3)8-17-10-5-4-6-11-9(10)7-12(15)19-11/h7,10,17H,4-6,8H2,1-3H3,(H,16,18). The number of halogens is 1. The summed E-state index contributed by atoms with van der Waals surface area (Å²) >= 11 is 5.41. The third kappa shape index (κ3) is 3.38. The predicted molar refractivity (Wildman–Crippen MR) is 83.5 cm³/mol. The van der Waals surface area contributed by atoms with Crippen LogP contribution in [0.2, 0.25) is 0 Å². The van der Waals surface area contributed by atoms with Crippen LogP contribution < -0.4 is 10.6 Å². The van der Waals surface area contributed by atoms with Gasteiger partial charge in [0, 0.05) is 24.5 Å². The molecule has 1 aromatic heterocycles. The molecule has 0 spiro atoms. The van der Waals surface area contributed by atoms with Crippen molar-refractivity contribution in [3.8, 4) is 0 Å². The lowest BCUT2D eigenvalue weighted by atomic mass is 9.89. The summed E-state index contributed by atoms with van der Waals surface area (Å²) in [4.78, 5) is 13.3. The Morgan fingerprint density at radius 3 is 3.00 bits per heavy atom. The number of aryl methyl sites for hydroxylation is 1. The van der Waals surface area contributed by atoms with Crippen molar-refractivity contribution >= 4 is 33.2 Å². The molecular formula is C14H21BrN2OS. The molecule has 1 amide bonds. The van der Waals surface area contributed by atoms with Gasteiger partial charge in [0.1, 0.15) is 0 Å². The van der Waals surface area contributed by atoms with E-state index in [9.17, 15) is 4.79 Å². The predicted octanol–water partition coefficient (Wildman–Crippen LogP) is 3.25. The number of rotatable bonds is 4. The van der Waals surface area contributed by atoms with Gasteiger partial charge in [0.2, 0.25) is 5.91 Å². The molecule has 5 heteroatoms. The zero-order valence-electron chi connectivity index (χ0n) is 11.7. The maximum absolute atomic E-state index is 11.8. The zero-order valence-corrected chi connectivity index (χ0v) is 14.1. The Labute approximate surface area is 127 Å². The third-order valence-electron chi connectivity index (χ3n) is 3.72. The summed E-state index contributed by atoms with van der Waals surface area (Å²) in [7, 11) is 1.69. The Balaban J connectivity index is 2.03.